The average molecular weight is 544 g/mol. The molecule has 2 aliphatic rings. The molecule has 212 valence electrons. The molecular weight excluding hydrogens is 506 g/mol. The number of carbonyl (C=O) groups excluding carboxylic acids is 2. The first-order chi connectivity index (χ1) is 18.4. The Hall–Kier alpha value is -3.74. The fourth-order valence-corrected chi connectivity index (χ4v) is 4.11. The summed E-state index contributed by atoms with van der Waals surface area (Å²) >= 11 is 0. The molecule has 2 amide bonds. The Balaban J connectivity index is 1.44. The number of amides is 2. The third-order valence-electron chi connectivity index (χ3n) is 5.82. The normalized spacial score (nSPS) is 18.7. The Morgan fingerprint density at radius 1 is 1.05 bits per heavy atom. The molecule has 4 heterocycles. The highest BCUT2D eigenvalue weighted by Crippen LogP contribution is 2.28. The second-order valence-electron chi connectivity index (χ2n) is 11.4. The predicted octanol–water partition coefficient (Wildman–Crippen LogP) is 3.57. The minimum atomic E-state index is -0.815. The van der Waals surface area contributed by atoms with Crippen LogP contribution in [0.4, 0.5) is 15.4 Å². The number of morpholine rings is 1. The van der Waals surface area contributed by atoms with Crippen LogP contribution in [0.15, 0.2) is 27.8 Å². The second-order valence-corrected chi connectivity index (χ2v) is 11.4. The van der Waals surface area contributed by atoms with Crippen molar-refractivity contribution in [3.8, 4) is 11.4 Å². The monoisotopic (exact) mass is 543 g/mol. The van der Waals surface area contributed by atoms with E-state index in [1.54, 1.807) is 52.6 Å². The largest absolute Gasteiger partial charge is 0.444 e. The lowest BCUT2D eigenvalue weighted by Crippen LogP contribution is -2.45. The van der Waals surface area contributed by atoms with E-state index < -0.39 is 23.4 Å². The summed E-state index contributed by atoms with van der Waals surface area (Å²) in [5, 5.41) is 6.74. The second kappa shape index (κ2) is 11.6. The van der Waals surface area contributed by atoms with E-state index >= 15 is 0 Å². The number of aromatic nitrogens is 3. The van der Waals surface area contributed by atoms with Crippen molar-refractivity contribution in [2.45, 2.75) is 65.1 Å². The van der Waals surface area contributed by atoms with Gasteiger partial charge in [0, 0.05) is 37.9 Å². The molecule has 0 spiro atoms. The van der Waals surface area contributed by atoms with Crippen molar-refractivity contribution in [1.82, 2.24) is 25.3 Å². The lowest BCUT2D eigenvalue weighted by molar-refractivity contribution is 0.0555. The van der Waals surface area contributed by atoms with E-state index in [4.69, 9.17) is 18.7 Å². The molecule has 39 heavy (non-hydrogen) atoms. The molecule has 0 bridgehead atoms. The molecule has 0 unspecified atom stereocenters. The van der Waals surface area contributed by atoms with E-state index in [9.17, 15) is 9.59 Å². The number of ether oxygens (including phenoxy) is 3. The number of rotatable bonds is 3. The molecule has 1 N–H and O–H groups in total. The maximum atomic E-state index is 12.5. The van der Waals surface area contributed by atoms with Gasteiger partial charge in [-0.15, -0.1) is 4.99 Å². The van der Waals surface area contributed by atoms with Gasteiger partial charge < -0.3 is 28.5 Å². The molecule has 4 rings (SSSR count). The fraction of sp³-hybridized carbons (Fsp3) is 0.615. The standard InChI is InChI=1S/C26H37N7O6/c1-25(2,3)37-23(34)29-22(30-24(35)38-26(4,5)6)33-10-9-18(16-33)21-28-20(31-39-21)17-7-8-19(27-15-17)32-11-13-36-14-12-32/h7-8,15,18H,9-14,16H2,1-6H3,(H,29,30,34,35)/t18-/m1/s1. The van der Waals surface area contributed by atoms with Crippen molar-refractivity contribution in [3.63, 3.8) is 0 Å². The van der Waals surface area contributed by atoms with E-state index in [-0.39, 0.29) is 11.9 Å². The van der Waals surface area contributed by atoms with Crippen LogP contribution >= 0.6 is 0 Å². The third-order valence-corrected chi connectivity index (χ3v) is 5.82. The number of nitrogens with one attached hydrogen (secondary N) is 1. The summed E-state index contributed by atoms with van der Waals surface area (Å²) in [5.74, 6) is 1.70. The van der Waals surface area contributed by atoms with E-state index in [2.05, 4.69) is 30.3 Å². The maximum absolute atomic E-state index is 12.5. The Labute approximate surface area is 227 Å². The number of alkyl carbamates (subject to hydrolysis) is 1. The van der Waals surface area contributed by atoms with Gasteiger partial charge in [-0.1, -0.05) is 5.16 Å². The van der Waals surface area contributed by atoms with Crippen LogP contribution in [0, 0.1) is 0 Å². The molecular formula is C26H37N7O6. The first-order valence-electron chi connectivity index (χ1n) is 13.1. The Morgan fingerprint density at radius 2 is 1.77 bits per heavy atom. The summed E-state index contributed by atoms with van der Waals surface area (Å²) in [6.45, 7) is 14.4. The molecule has 2 aromatic rings. The zero-order valence-electron chi connectivity index (χ0n) is 23.4. The van der Waals surface area contributed by atoms with Crippen molar-refractivity contribution in [2.75, 3.05) is 44.3 Å². The maximum Gasteiger partial charge on any atom is 0.437 e. The van der Waals surface area contributed by atoms with E-state index in [1.165, 1.54) is 0 Å². The number of anilines is 1. The SMILES string of the molecule is CC(C)(C)OC(=O)N=C(NC(=O)OC(C)(C)C)N1CC[C@@H](c2nc(-c3ccc(N4CCOCC4)nc3)no2)C1. The predicted molar refractivity (Wildman–Crippen MR) is 143 cm³/mol. The number of guanidine groups is 1. The molecule has 2 saturated heterocycles. The van der Waals surface area contributed by atoms with Gasteiger partial charge in [0.15, 0.2) is 0 Å². The average Bonchev–Trinajstić information content (AvgIpc) is 3.52. The van der Waals surface area contributed by atoms with E-state index in [0.717, 1.165) is 24.5 Å². The summed E-state index contributed by atoms with van der Waals surface area (Å²) in [5.41, 5.74) is -0.708. The first kappa shape index (κ1) is 28.3. The van der Waals surface area contributed by atoms with Gasteiger partial charge in [0.25, 0.3) is 0 Å². The lowest BCUT2D eigenvalue weighted by atomic mass is 10.1. The zero-order chi connectivity index (χ0) is 28.2. The number of likely N-dealkylation sites (tertiary alicyclic amines) is 1. The van der Waals surface area contributed by atoms with Gasteiger partial charge in [-0.2, -0.15) is 4.98 Å². The van der Waals surface area contributed by atoms with Crippen molar-refractivity contribution < 1.29 is 28.3 Å². The van der Waals surface area contributed by atoms with Crippen molar-refractivity contribution in [3.05, 3.63) is 24.2 Å². The quantitative estimate of drug-likeness (QED) is 0.448. The number of hydrogen-bond acceptors (Lipinski definition) is 10. The summed E-state index contributed by atoms with van der Waals surface area (Å²) in [6, 6.07) is 3.86. The van der Waals surface area contributed by atoms with Crippen molar-refractivity contribution >= 4 is 24.0 Å². The van der Waals surface area contributed by atoms with Gasteiger partial charge in [-0.05, 0) is 60.1 Å². The summed E-state index contributed by atoms with van der Waals surface area (Å²) in [6.07, 6.45) is 0.849. The number of pyridine rings is 1. The Bertz CT molecular complexity index is 1180. The molecule has 2 fully saturated rings. The van der Waals surface area contributed by atoms with E-state index in [0.29, 0.717) is 44.4 Å². The number of carbonyl (C=O) groups is 2. The molecule has 2 aliphatic heterocycles. The Morgan fingerprint density at radius 3 is 2.41 bits per heavy atom. The van der Waals surface area contributed by atoms with Gasteiger partial charge in [-0.3, -0.25) is 5.32 Å². The smallest absolute Gasteiger partial charge is 0.437 e. The van der Waals surface area contributed by atoms with Crippen LogP contribution < -0.4 is 10.2 Å². The molecule has 13 heteroatoms. The summed E-state index contributed by atoms with van der Waals surface area (Å²) in [7, 11) is 0. The van der Waals surface area contributed by atoms with Crippen LogP contribution in [-0.4, -0.2) is 88.8 Å². The van der Waals surface area contributed by atoms with Gasteiger partial charge in [0.1, 0.15) is 17.0 Å². The van der Waals surface area contributed by atoms with Gasteiger partial charge in [-0.25, -0.2) is 14.6 Å². The van der Waals surface area contributed by atoms with Crippen LogP contribution in [0.3, 0.4) is 0 Å². The molecule has 0 radical (unpaired) electrons. The van der Waals surface area contributed by atoms with Crippen LogP contribution in [0.5, 0.6) is 0 Å². The topological polar surface area (TPSA) is 145 Å². The molecule has 2 aromatic heterocycles. The van der Waals surface area contributed by atoms with Gasteiger partial charge >= 0.3 is 12.2 Å². The minimum absolute atomic E-state index is 0.0450. The zero-order valence-corrected chi connectivity index (χ0v) is 23.4. The van der Waals surface area contributed by atoms with Crippen LogP contribution in [0.1, 0.15) is 59.8 Å². The highest BCUT2D eigenvalue weighted by atomic mass is 16.6. The van der Waals surface area contributed by atoms with Crippen molar-refractivity contribution in [2.24, 2.45) is 4.99 Å². The fourth-order valence-electron chi connectivity index (χ4n) is 4.11. The Kier molecular flexibility index (Phi) is 8.38. The van der Waals surface area contributed by atoms with Gasteiger partial charge in [0.05, 0.1) is 19.1 Å². The third kappa shape index (κ3) is 8.12. The number of hydrogen-bond donors (Lipinski definition) is 1. The van der Waals surface area contributed by atoms with Crippen LogP contribution in [0.2, 0.25) is 0 Å². The van der Waals surface area contributed by atoms with Crippen molar-refractivity contribution in [1.29, 1.82) is 0 Å². The van der Waals surface area contributed by atoms with Crippen LogP contribution in [0.25, 0.3) is 11.4 Å². The summed E-state index contributed by atoms with van der Waals surface area (Å²) in [4.78, 5) is 42.0. The minimum Gasteiger partial charge on any atom is -0.444 e. The first-order valence-corrected chi connectivity index (χ1v) is 13.1. The molecule has 0 aromatic carbocycles. The van der Waals surface area contributed by atoms with Crippen LogP contribution in [-0.2, 0) is 14.2 Å². The van der Waals surface area contributed by atoms with E-state index in [1.807, 2.05) is 12.1 Å². The molecule has 1 atom stereocenters. The lowest BCUT2D eigenvalue weighted by Gasteiger charge is -2.27. The molecule has 0 aliphatic carbocycles. The molecule has 0 saturated carbocycles. The summed E-state index contributed by atoms with van der Waals surface area (Å²) < 4.78 is 21.7. The van der Waals surface area contributed by atoms with Gasteiger partial charge in [0.2, 0.25) is 17.7 Å². The highest BCUT2D eigenvalue weighted by molar-refractivity contribution is 5.99. The molecule has 13 nitrogen and oxygen atoms in total. The number of nitrogens with zero attached hydrogens (tertiary/aromatic N) is 6. The highest BCUT2D eigenvalue weighted by Gasteiger charge is 2.33. The number of aliphatic imine (C=N–C) groups is 1.